The highest BCUT2D eigenvalue weighted by molar-refractivity contribution is 8.00. The Labute approximate surface area is 102 Å². The van der Waals surface area contributed by atoms with E-state index in [0.717, 1.165) is 12.2 Å². The van der Waals surface area contributed by atoms with Crippen molar-refractivity contribution in [2.24, 2.45) is 0 Å². The molecule has 0 amide bonds. The molecule has 2 nitrogen and oxygen atoms in total. The lowest BCUT2D eigenvalue weighted by atomic mass is 10.1. The summed E-state index contributed by atoms with van der Waals surface area (Å²) in [5.74, 6) is 1.24. The third-order valence-corrected chi connectivity index (χ3v) is 4.19. The number of nitrogens with zero attached hydrogens (tertiary/aromatic N) is 1. The van der Waals surface area contributed by atoms with E-state index in [1.54, 1.807) is 0 Å². The van der Waals surface area contributed by atoms with Crippen molar-refractivity contribution >= 4 is 17.4 Å². The third kappa shape index (κ3) is 3.16. The molecule has 0 atom stereocenters. The highest BCUT2D eigenvalue weighted by Gasteiger charge is 2.26. The van der Waals surface area contributed by atoms with Crippen LogP contribution < -0.4 is 5.73 Å². The predicted molar refractivity (Wildman–Crippen MR) is 72.7 cm³/mol. The molecule has 88 valence electrons. The maximum Gasteiger partial charge on any atom is 0.0314 e. The molecule has 1 aliphatic rings. The molecule has 1 aromatic rings. The fourth-order valence-electron chi connectivity index (χ4n) is 2.13. The molecule has 0 aliphatic carbocycles. The molecular weight excluding hydrogens is 216 g/mol. The lowest BCUT2D eigenvalue weighted by molar-refractivity contribution is 0.252. The van der Waals surface area contributed by atoms with Crippen molar-refractivity contribution in [3.05, 3.63) is 29.8 Å². The van der Waals surface area contributed by atoms with Gasteiger partial charge in [0.2, 0.25) is 0 Å². The van der Waals surface area contributed by atoms with Crippen molar-refractivity contribution in [3.8, 4) is 0 Å². The van der Waals surface area contributed by atoms with Gasteiger partial charge in [0.1, 0.15) is 0 Å². The Morgan fingerprint density at radius 3 is 2.62 bits per heavy atom. The predicted octanol–water partition coefficient (Wildman–Crippen LogP) is 2.60. The fraction of sp³-hybridized carbons (Fsp3) is 0.538. The van der Waals surface area contributed by atoms with E-state index in [0.29, 0.717) is 4.75 Å². The van der Waals surface area contributed by atoms with Crippen molar-refractivity contribution in [1.82, 2.24) is 4.90 Å². The Hall–Kier alpha value is -0.670. The largest absolute Gasteiger partial charge is 0.399 e. The van der Waals surface area contributed by atoms with Gasteiger partial charge >= 0.3 is 0 Å². The number of hydrogen-bond acceptors (Lipinski definition) is 3. The molecule has 1 fully saturated rings. The van der Waals surface area contributed by atoms with Crippen LogP contribution in [0.3, 0.4) is 0 Å². The average Bonchev–Trinajstić information content (AvgIpc) is 2.20. The number of anilines is 1. The third-order valence-electron chi connectivity index (χ3n) is 2.89. The molecule has 0 bridgehead atoms. The zero-order valence-corrected chi connectivity index (χ0v) is 10.9. The normalized spacial score (nSPS) is 20.9. The Morgan fingerprint density at radius 2 is 2.00 bits per heavy atom. The summed E-state index contributed by atoms with van der Waals surface area (Å²) in [6.45, 7) is 8.06. The monoisotopic (exact) mass is 236 g/mol. The van der Waals surface area contributed by atoms with Crippen LogP contribution in [0.4, 0.5) is 5.69 Å². The summed E-state index contributed by atoms with van der Waals surface area (Å²) in [6.07, 6.45) is 0. The lowest BCUT2D eigenvalue weighted by Gasteiger charge is -2.37. The van der Waals surface area contributed by atoms with E-state index in [4.69, 9.17) is 5.73 Å². The summed E-state index contributed by atoms with van der Waals surface area (Å²) in [5.41, 5.74) is 7.89. The average molecular weight is 236 g/mol. The van der Waals surface area contributed by atoms with E-state index in [2.05, 4.69) is 42.6 Å². The minimum Gasteiger partial charge on any atom is -0.399 e. The Kier molecular flexibility index (Phi) is 3.45. The molecule has 0 aromatic heterocycles. The van der Waals surface area contributed by atoms with Gasteiger partial charge in [0.15, 0.2) is 0 Å². The van der Waals surface area contributed by atoms with Gasteiger partial charge in [-0.2, -0.15) is 11.8 Å². The molecule has 2 rings (SSSR count). The van der Waals surface area contributed by atoms with Gasteiger partial charge in [-0.25, -0.2) is 0 Å². The van der Waals surface area contributed by atoms with E-state index in [9.17, 15) is 0 Å². The fourth-order valence-corrected chi connectivity index (χ4v) is 3.31. The molecular formula is C13H20N2S. The SMILES string of the molecule is CC1(C)CN(Cc2ccc(N)cc2)CCS1. The maximum atomic E-state index is 5.69. The minimum atomic E-state index is 0.395. The van der Waals surface area contributed by atoms with Crippen molar-refractivity contribution in [3.63, 3.8) is 0 Å². The molecule has 0 unspecified atom stereocenters. The second-order valence-corrected chi connectivity index (χ2v) is 6.86. The van der Waals surface area contributed by atoms with Crippen LogP contribution in [0.5, 0.6) is 0 Å². The first-order valence-corrected chi connectivity index (χ1v) is 6.74. The van der Waals surface area contributed by atoms with Crippen molar-refractivity contribution in [1.29, 1.82) is 0 Å². The molecule has 1 aromatic carbocycles. The van der Waals surface area contributed by atoms with Crippen LogP contribution >= 0.6 is 11.8 Å². The summed E-state index contributed by atoms with van der Waals surface area (Å²) in [6, 6.07) is 8.23. The highest BCUT2D eigenvalue weighted by Crippen LogP contribution is 2.30. The van der Waals surface area contributed by atoms with Gasteiger partial charge in [-0.3, -0.25) is 4.90 Å². The Balaban J connectivity index is 1.97. The first kappa shape index (κ1) is 11.8. The van der Waals surface area contributed by atoms with E-state index in [1.165, 1.54) is 24.4 Å². The molecule has 1 aliphatic heterocycles. The molecule has 0 radical (unpaired) electrons. The van der Waals surface area contributed by atoms with Gasteiger partial charge < -0.3 is 5.73 Å². The molecule has 3 heteroatoms. The van der Waals surface area contributed by atoms with Crippen molar-refractivity contribution < 1.29 is 0 Å². The van der Waals surface area contributed by atoms with E-state index >= 15 is 0 Å². The van der Waals surface area contributed by atoms with Crippen molar-refractivity contribution in [2.45, 2.75) is 25.1 Å². The zero-order chi connectivity index (χ0) is 11.6. The van der Waals surface area contributed by atoms with E-state index in [-0.39, 0.29) is 0 Å². The summed E-state index contributed by atoms with van der Waals surface area (Å²) in [4.78, 5) is 2.53. The van der Waals surface area contributed by atoms with Gasteiger partial charge in [-0.15, -0.1) is 0 Å². The Morgan fingerprint density at radius 1 is 1.31 bits per heavy atom. The minimum absolute atomic E-state index is 0.395. The zero-order valence-electron chi connectivity index (χ0n) is 10.1. The quantitative estimate of drug-likeness (QED) is 0.800. The number of benzene rings is 1. The van der Waals surface area contributed by atoms with E-state index in [1.807, 2.05) is 12.1 Å². The van der Waals surface area contributed by atoms with Crippen LogP contribution in [0.1, 0.15) is 19.4 Å². The first-order chi connectivity index (χ1) is 7.55. The lowest BCUT2D eigenvalue weighted by Crippen LogP contribution is -2.42. The number of thioether (sulfide) groups is 1. The second-order valence-electron chi connectivity index (χ2n) is 5.06. The summed E-state index contributed by atoms with van der Waals surface area (Å²) in [5, 5.41) is 0. The summed E-state index contributed by atoms with van der Waals surface area (Å²) in [7, 11) is 0. The smallest absolute Gasteiger partial charge is 0.0314 e. The highest BCUT2D eigenvalue weighted by atomic mass is 32.2. The number of rotatable bonds is 2. The van der Waals surface area contributed by atoms with E-state index < -0.39 is 0 Å². The second kappa shape index (κ2) is 4.68. The van der Waals surface area contributed by atoms with Crippen LogP contribution in [0.2, 0.25) is 0 Å². The van der Waals surface area contributed by atoms with Crippen LogP contribution in [-0.4, -0.2) is 28.5 Å². The first-order valence-electron chi connectivity index (χ1n) is 5.76. The van der Waals surface area contributed by atoms with Gasteiger partial charge in [0.05, 0.1) is 0 Å². The van der Waals surface area contributed by atoms with Crippen molar-refractivity contribution in [2.75, 3.05) is 24.6 Å². The van der Waals surface area contributed by atoms with Gasteiger partial charge in [0.25, 0.3) is 0 Å². The Bertz CT molecular complexity index is 345. The van der Waals surface area contributed by atoms with Gasteiger partial charge in [0, 0.05) is 35.8 Å². The van der Waals surface area contributed by atoms with Crippen LogP contribution in [0.15, 0.2) is 24.3 Å². The molecule has 2 N–H and O–H groups in total. The summed E-state index contributed by atoms with van der Waals surface area (Å²) < 4.78 is 0.395. The maximum absolute atomic E-state index is 5.69. The molecule has 16 heavy (non-hydrogen) atoms. The number of hydrogen-bond donors (Lipinski definition) is 1. The number of nitrogens with two attached hydrogens (primary N) is 1. The topological polar surface area (TPSA) is 29.3 Å². The van der Waals surface area contributed by atoms with Crippen LogP contribution in [-0.2, 0) is 6.54 Å². The van der Waals surface area contributed by atoms with Crippen LogP contribution in [0.25, 0.3) is 0 Å². The molecule has 0 saturated carbocycles. The number of nitrogen functional groups attached to an aromatic ring is 1. The van der Waals surface area contributed by atoms with Gasteiger partial charge in [-0.05, 0) is 31.5 Å². The standard InChI is InChI=1S/C13H20N2S/c1-13(2)10-15(7-8-16-13)9-11-3-5-12(14)6-4-11/h3-6H,7-10,14H2,1-2H3. The molecule has 1 saturated heterocycles. The molecule has 1 heterocycles. The summed E-state index contributed by atoms with van der Waals surface area (Å²) >= 11 is 2.08. The molecule has 0 spiro atoms. The van der Waals surface area contributed by atoms with Gasteiger partial charge in [-0.1, -0.05) is 12.1 Å². The van der Waals surface area contributed by atoms with Crippen LogP contribution in [0, 0.1) is 0 Å².